The number of aliphatic imine (C=N–C) groups is 1. The van der Waals surface area contributed by atoms with Gasteiger partial charge in [0, 0.05) is 10.4 Å². The van der Waals surface area contributed by atoms with E-state index in [1.54, 1.807) is 11.3 Å². The lowest BCUT2D eigenvalue weighted by Crippen LogP contribution is -2.41. The molecule has 1 aromatic rings. The molecular formula is C15H23N3OS. The van der Waals surface area contributed by atoms with Crippen molar-refractivity contribution in [1.82, 2.24) is 5.01 Å². The first-order valence-electron chi connectivity index (χ1n) is 7.20. The Morgan fingerprint density at radius 3 is 2.75 bits per heavy atom. The minimum atomic E-state index is -0.742. The number of aliphatic hydroxyl groups is 1. The average Bonchev–Trinajstić information content (AvgIpc) is 2.71. The molecule has 1 aromatic heterocycles. The molecule has 4 nitrogen and oxygen atoms in total. The van der Waals surface area contributed by atoms with Crippen LogP contribution < -0.4 is 5.84 Å². The summed E-state index contributed by atoms with van der Waals surface area (Å²) in [5, 5.41) is 12.7. The van der Waals surface area contributed by atoms with Crippen LogP contribution in [0.25, 0.3) is 0 Å². The van der Waals surface area contributed by atoms with E-state index in [-0.39, 0.29) is 0 Å². The number of hydrogen-bond donors (Lipinski definition) is 2. The molecule has 0 unspecified atom stereocenters. The molecule has 0 amide bonds. The van der Waals surface area contributed by atoms with Gasteiger partial charge in [0.2, 0.25) is 0 Å². The lowest BCUT2D eigenvalue weighted by Gasteiger charge is -2.34. The zero-order valence-corrected chi connectivity index (χ0v) is 13.4. The molecule has 2 atom stereocenters. The van der Waals surface area contributed by atoms with Crippen LogP contribution >= 0.6 is 11.3 Å². The number of hydrogen-bond acceptors (Lipinski definition) is 5. The van der Waals surface area contributed by atoms with Gasteiger partial charge in [0.15, 0.2) is 6.23 Å². The Morgan fingerprint density at radius 2 is 2.10 bits per heavy atom. The van der Waals surface area contributed by atoms with E-state index in [4.69, 9.17) is 5.84 Å². The SMILES string of the molecule is CC1=Nc2sc3c(c2[C@@H](O)N1N)CC[C@H](C(C)(C)C)C3. The Kier molecular flexibility index (Phi) is 3.19. The van der Waals surface area contributed by atoms with Crippen molar-refractivity contribution in [1.29, 1.82) is 0 Å². The third kappa shape index (κ3) is 2.08. The molecule has 3 rings (SSSR count). The summed E-state index contributed by atoms with van der Waals surface area (Å²) in [5.74, 6) is 7.26. The lowest BCUT2D eigenvalue weighted by molar-refractivity contribution is 0.0492. The molecule has 0 saturated carbocycles. The second-order valence-electron chi connectivity index (χ2n) is 6.97. The molecule has 0 radical (unpaired) electrons. The fourth-order valence-electron chi connectivity index (χ4n) is 3.21. The number of hydrazine groups is 1. The summed E-state index contributed by atoms with van der Waals surface area (Å²) in [7, 11) is 0. The topological polar surface area (TPSA) is 61.9 Å². The van der Waals surface area contributed by atoms with Crippen molar-refractivity contribution < 1.29 is 5.11 Å². The summed E-state index contributed by atoms with van der Waals surface area (Å²) in [6, 6.07) is 0. The van der Waals surface area contributed by atoms with Gasteiger partial charge in [-0.15, -0.1) is 11.3 Å². The summed E-state index contributed by atoms with van der Waals surface area (Å²) in [4.78, 5) is 5.94. The number of aliphatic hydroxyl groups excluding tert-OH is 1. The first kappa shape index (κ1) is 14.0. The first-order chi connectivity index (χ1) is 9.29. The van der Waals surface area contributed by atoms with Crippen molar-refractivity contribution in [3.63, 3.8) is 0 Å². The van der Waals surface area contributed by atoms with E-state index < -0.39 is 6.23 Å². The van der Waals surface area contributed by atoms with Crippen molar-refractivity contribution in [3.05, 3.63) is 16.0 Å². The highest BCUT2D eigenvalue weighted by atomic mass is 32.1. The van der Waals surface area contributed by atoms with Crippen LogP contribution in [0.4, 0.5) is 5.00 Å². The number of rotatable bonds is 0. The molecule has 2 heterocycles. The fraction of sp³-hybridized carbons (Fsp3) is 0.667. The number of fused-ring (bicyclic) bond motifs is 3. The van der Waals surface area contributed by atoms with Gasteiger partial charge in [-0.1, -0.05) is 20.8 Å². The standard InChI is InChI=1S/C15H23N3OS/c1-8-17-13-12(14(19)18(8)16)10-6-5-9(15(2,3)4)7-11(10)20-13/h9,14,19H,5-7,16H2,1-4H3/t9-,14+/m0/s1. The minimum absolute atomic E-state index is 0.333. The third-order valence-corrected chi connectivity index (χ3v) is 5.83. The highest BCUT2D eigenvalue weighted by Crippen LogP contribution is 2.48. The van der Waals surface area contributed by atoms with Crippen LogP contribution in [0.5, 0.6) is 0 Å². The van der Waals surface area contributed by atoms with Crippen LogP contribution in [-0.4, -0.2) is 16.0 Å². The van der Waals surface area contributed by atoms with Crippen molar-refractivity contribution in [2.45, 2.75) is 53.2 Å². The molecule has 0 fully saturated rings. The van der Waals surface area contributed by atoms with E-state index in [1.807, 2.05) is 6.92 Å². The molecular weight excluding hydrogens is 270 g/mol. The van der Waals surface area contributed by atoms with Crippen molar-refractivity contribution in [3.8, 4) is 0 Å². The molecule has 0 aromatic carbocycles. The Bertz CT molecular complexity index is 570. The van der Waals surface area contributed by atoms with Crippen molar-refractivity contribution in [2.24, 2.45) is 22.2 Å². The van der Waals surface area contributed by atoms with E-state index >= 15 is 0 Å². The predicted molar refractivity (Wildman–Crippen MR) is 83.0 cm³/mol. The number of thiophene rings is 1. The van der Waals surface area contributed by atoms with Crippen LogP contribution in [0.1, 0.15) is 56.3 Å². The maximum absolute atomic E-state index is 10.4. The van der Waals surface area contributed by atoms with Gasteiger partial charge >= 0.3 is 0 Å². The fourth-order valence-corrected chi connectivity index (χ4v) is 4.57. The highest BCUT2D eigenvalue weighted by Gasteiger charge is 2.36. The average molecular weight is 293 g/mol. The van der Waals surface area contributed by atoms with Gasteiger partial charge in [0.25, 0.3) is 0 Å². The van der Waals surface area contributed by atoms with Crippen LogP contribution in [0.2, 0.25) is 0 Å². The summed E-state index contributed by atoms with van der Waals surface area (Å²) in [6.07, 6.45) is 2.57. The minimum Gasteiger partial charge on any atom is -0.368 e. The zero-order chi connectivity index (χ0) is 14.7. The van der Waals surface area contributed by atoms with Crippen LogP contribution in [-0.2, 0) is 12.8 Å². The van der Waals surface area contributed by atoms with Crippen LogP contribution in [0, 0.1) is 11.3 Å². The quantitative estimate of drug-likeness (QED) is 0.722. The maximum Gasteiger partial charge on any atom is 0.171 e. The van der Waals surface area contributed by atoms with Gasteiger partial charge < -0.3 is 5.11 Å². The Labute approximate surface area is 124 Å². The molecule has 3 N–H and O–H groups in total. The normalized spacial score (nSPS) is 26.1. The molecule has 1 aliphatic heterocycles. The molecule has 0 saturated heterocycles. The smallest absolute Gasteiger partial charge is 0.171 e. The van der Waals surface area contributed by atoms with E-state index in [1.165, 1.54) is 21.9 Å². The number of nitrogens with two attached hydrogens (primary N) is 1. The first-order valence-corrected chi connectivity index (χ1v) is 8.02. The third-order valence-electron chi connectivity index (χ3n) is 4.67. The van der Waals surface area contributed by atoms with E-state index in [0.717, 1.165) is 23.4 Å². The maximum atomic E-state index is 10.4. The van der Waals surface area contributed by atoms with E-state index in [0.29, 0.717) is 17.2 Å². The molecule has 5 heteroatoms. The predicted octanol–water partition coefficient (Wildman–Crippen LogP) is 3.13. The molecule has 20 heavy (non-hydrogen) atoms. The zero-order valence-electron chi connectivity index (χ0n) is 12.6. The molecule has 0 bridgehead atoms. The van der Waals surface area contributed by atoms with Gasteiger partial charge in [0.05, 0.1) is 0 Å². The van der Waals surface area contributed by atoms with Gasteiger partial charge in [-0.05, 0) is 43.1 Å². The van der Waals surface area contributed by atoms with Gasteiger partial charge in [-0.25, -0.2) is 10.8 Å². The largest absolute Gasteiger partial charge is 0.368 e. The molecule has 1 aliphatic carbocycles. The summed E-state index contributed by atoms with van der Waals surface area (Å²) in [5.41, 5.74) is 2.58. The lowest BCUT2D eigenvalue weighted by atomic mass is 9.72. The summed E-state index contributed by atoms with van der Waals surface area (Å²) >= 11 is 1.74. The van der Waals surface area contributed by atoms with Gasteiger partial charge in [0.1, 0.15) is 10.8 Å². The Hall–Kier alpha value is -0.910. The Morgan fingerprint density at radius 1 is 1.40 bits per heavy atom. The second kappa shape index (κ2) is 4.55. The highest BCUT2D eigenvalue weighted by molar-refractivity contribution is 7.16. The molecule has 110 valence electrons. The van der Waals surface area contributed by atoms with Crippen molar-refractivity contribution >= 4 is 22.2 Å². The second-order valence-corrected chi connectivity index (χ2v) is 8.05. The number of nitrogens with zero attached hydrogens (tertiary/aromatic N) is 2. The van der Waals surface area contributed by atoms with Crippen molar-refractivity contribution in [2.75, 3.05) is 0 Å². The van der Waals surface area contributed by atoms with Crippen LogP contribution in [0.15, 0.2) is 4.99 Å². The number of amidine groups is 1. The van der Waals surface area contributed by atoms with E-state index in [9.17, 15) is 5.11 Å². The van der Waals surface area contributed by atoms with Gasteiger partial charge in [-0.3, -0.25) is 5.01 Å². The van der Waals surface area contributed by atoms with Crippen LogP contribution in [0.3, 0.4) is 0 Å². The summed E-state index contributed by atoms with van der Waals surface area (Å²) < 4.78 is 0. The Balaban J connectivity index is 2.01. The monoisotopic (exact) mass is 293 g/mol. The molecule has 2 aliphatic rings. The molecule has 0 spiro atoms. The summed E-state index contributed by atoms with van der Waals surface area (Å²) in [6.45, 7) is 8.78. The van der Waals surface area contributed by atoms with E-state index in [2.05, 4.69) is 25.8 Å². The van der Waals surface area contributed by atoms with Gasteiger partial charge in [-0.2, -0.15) is 0 Å².